The van der Waals surface area contributed by atoms with Gasteiger partial charge < -0.3 is 10.1 Å². The summed E-state index contributed by atoms with van der Waals surface area (Å²) in [6, 6.07) is 7.66. The first-order valence-corrected chi connectivity index (χ1v) is 8.96. The number of rotatable bonds is 5. The Kier molecular flexibility index (Phi) is 4.87. The second-order valence-corrected chi connectivity index (χ2v) is 6.84. The number of H-pyrrole nitrogens is 1. The van der Waals surface area contributed by atoms with Gasteiger partial charge in [0.15, 0.2) is 0 Å². The van der Waals surface area contributed by atoms with Crippen molar-refractivity contribution in [2.24, 2.45) is 0 Å². The number of carboxylic acid groups (broad SMARTS) is 1. The summed E-state index contributed by atoms with van der Waals surface area (Å²) in [7, 11) is 0. The lowest BCUT2D eigenvalue weighted by atomic mass is 10.0. The topological polar surface area (TPSA) is 72.5 Å². The van der Waals surface area contributed by atoms with Gasteiger partial charge in [-0.25, -0.2) is 4.39 Å². The number of nitrogens with zero attached hydrogens (tertiary/aromatic N) is 3. The van der Waals surface area contributed by atoms with Crippen LogP contribution in [0.5, 0.6) is 0 Å². The maximum atomic E-state index is 13.4. The Bertz CT molecular complexity index is 936. The molecule has 1 aliphatic heterocycles. The van der Waals surface area contributed by atoms with Gasteiger partial charge in [0.1, 0.15) is 11.9 Å². The van der Waals surface area contributed by atoms with E-state index < -0.39 is 12.0 Å². The van der Waals surface area contributed by atoms with Crippen molar-refractivity contribution in [3.05, 3.63) is 65.9 Å². The van der Waals surface area contributed by atoms with Gasteiger partial charge in [-0.15, -0.1) is 0 Å². The number of hydrogen-bond donors (Lipinski definition) is 2. The number of hydrogen-bond acceptors (Lipinski definition) is 4. The third kappa shape index (κ3) is 3.70. The highest BCUT2D eigenvalue weighted by Crippen LogP contribution is 2.30. The zero-order valence-electron chi connectivity index (χ0n) is 14.8. The summed E-state index contributed by atoms with van der Waals surface area (Å²) >= 11 is 0. The van der Waals surface area contributed by atoms with E-state index in [0.29, 0.717) is 24.2 Å². The SMILES string of the molecule is O=C(O)[C@@H](c1c[nH]c2cc(F)ccc12)N1CCN(Cc2ccncc2)CC1. The fourth-order valence-corrected chi connectivity index (χ4v) is 3.76. The Hall–Kier alpha value is -2.77. The van der Waals surface area contributed by atoms with Crippen LogP contribution >= 0.6 is 0 Å². The predicted molar refractivity (Wildman–Crippen MR) is 99.7 cm³/mol. The smallest absolute Gasteiger partial charge is 0.325 e. The molecular weight excluding hydrogens is 347 g/mol. The minimum atomic E-state index is -0.886. The molecule has 1 aliphatic rings. The van der Waals surface area contributed by atoms with Crippen molar-refractivity contribution >= 4 is 16.9 Å². The van der Waals surface area contributed by atoms with E-state index in [1.165, 1.54) is 17.7 Å². The van der Waals surface area contributed by atoms with Crippen LogP contribution in [0.1, 0.15) is 17.2 Å². The second kappa shape index (κ2) is 7.46. The Morgan fingerprint density at radius 3 is 2.63 bits per heavy atom. The molecule has 6 nitrogen and oxygen atoms in total. The van der Waals surface area contributed by atoms with Gasteiger partial charge in [0.05, 0.1) is 0 Å². The molecule has 140 valence electrons. The average Bonchev–Trinajstić information content (AvgIpc) is 3.06. The number of carbonyl (C=O) groups is 1. The number of carboxylic acids is 1. The molecule has 1 fully saturated rings. The molecule has 1 aromatic carbocycles. The Morgan fingerprint density at radius 1 is 1.19 bits per heavy atom. The number of nitrogens with one attached hydrogen (secondary N) is 1. The van der Waals surface area contributed by atoms with Crippen molar-refractivity contribution in [2.45, 2.75) is 12.6 Å². The van der Waals surface area contributed by atoms with Crippen LogP contribution in [0.2, 0.25) is 0 Å². The number of benzene rings is 1. The summed E-state index contributed by atoms with van der Waals surface area (Å²) in [5.74, 6) is -1.23. The lowest BCUT2D eigenvalue weighted by molar-refractivity contribution is -0.144. The predicted octanol–water partition coefficient (Wildman–Crippen LogP) is 2.65. The first-order chi connectivity index (χ1) is 13.1. The van der Waals surface area contributed by atoms with Crippen molar-refractivity contribution in [1.29, 1.82) is 0 Å². The molecule has 2 N–H and O–H groups in total. The number of aliphatic carboxylic acids is 1. The zero-order valence-corrected chi connectivity index (χ0v) is 14.8. The van der Waals surface area contributed by atoms with Crippen LogP contribution in [0.4, 0.5) is 4.39 Å². The van der Waals surface area contributed by atoms with Crippen molar-refractivity contribution in [2.75, 3.05) is 26.2 Å². The highest BCUT2D eigenvalue weighted by molar-refractivity contribution is 5.89. The van der Waals surface area contributed by atoms with Gasteiger partial charge in [-0.3, -0.25) is 19.6 Å². The van der Waals surface area contributed by atoms with Gasteiger partial charge in [-0.05, 0) is 35.9 Å². The van der Waals surface area contributed by atoms with E-state index in [1.807, 2.05) is 17.0 Å². The fourth-order valence-electron chi connectivity index (χ4n) is 3.76. The average molecular weight is 368 g/mol. The van der Waals surface area contributed by atoms with Crippen LogP contribution in [0.15, 0.2) is 48.9 Å². The highest BCUT2D eigenvalue weighted by atomic mass is 19.1. The molecule has 1 atom stereocenters. The van der Waals surface area contributed by atoms with Crippen LogP contribution in [-0.2, 0) is 11.3 Å². The molecule has 0 bridgehead atoms. The first kappa shape index (κ1) is 17.6. The molecule has 1 saturated heterocycles. The molecular formula is C20H21FN4O2. The summed E-state index contributed by atoms with van der Waals surface area (Å²) in [4.78, 5) is 23.4. The third-order valence-electron chi connectivity index (χ3n) is 5.13. The first-order valence-electron chi connectivity index (χ1n) is 8.96. The summed E-state index contributed by atoms with van der Waals surface area (Å²) < 4.78 is 13.4. The normalized spacial score (nSPS) is 17.2. The number of halogens is 1. The fraction of sp³-hybridized carbons (Fsp3) is 0.300. The van der Waals surface area contributed by atoms with Crippen LogP contribution in [0.25, 0.3) is 10.9 Å². The molecule has 3 aromatic rings. The second-order valence-electron chi connectivity index (χ2n) is 6.84. The molecule has 3 heterocycles. The van der Waals surface area contributed by atoms with Gasteiger partial charge in [0.2, 0.25) is 0 Å². The number of aromatic nitrogens is 2. The molecule has 7 heteroatoms. The Morgan fingerprint density at radius 2 is 1.93 bits per heavy atom. The van der Waals surface area contributed by atoms with Crippen molar-refractivity contribution in [3.8, 4) is 0 Å². The molecule has 2 aromatic heterocycles. The van der Waals surface area contributed by atoms with Crippen molar-refractivity contribution in [1.82, 2.24) is 19.8 Å². The van der Waals surface area contributed by atoms with E-state index in [9.17, 15) is 14.3 Å². The van der Waals surface area contributed by atoms with E-state index in [2.05, 4.69) is 14.9 Å². The quantitative estimate of drug-likeness (QED) is 0.724. The van der Waals surface area contributed by atoms with E-state index in [4.69, 9.17) is 0 Å². The van der Waals surface area contributed by atoms with Gasteiger partial charge >= 0.3 is 5.97 Å². The highest BCUT2D eigenvalue weighted by Gasteiger charge is 2.32. The molecule has 0 unspecified atom stereocenters. The lowest BCUT2D eigenvalue weighted by Gasteiger charge is -2.37. The van der Waals surface area contributed by atoms with Gasteiger partial charge in [0, 0.05) is 67.8 Å². The molecule has 0 amide bonds. The number of fused-ring (bicyclic) bond motifs is 1. The zero-order chi connectivity index (χ0) is 18.8. The summed E-state index contributed by atoms with van der Waals surface area (Å²) in [5.41, 5.74) is 2.50. The van der Waals surface area contributed by atoms with E-state index in [1.54, 1.807) is 24.7 Å². The van der Waals surface area contributed by atoms with Crippen LogP contribution in [0.3, 0.4) is 0 Å². The third-order valence-corrected chi connectivity index (χ3v) is 5.13. The molecule has 0 saturated carbocycles. The summed E-state index contributed by atoms with van der Waals surface area (Å²) in [5, 5.41) is 10.6. The largest absolute Gasteiger partial charge is 0.480 e. The molecule has 0 radical (unpaired) electrons. The minimum absolute atomic E-state index is 0.340. The van der Waals surface area contributed by atoms with Crippen LogP contribution in [-0.4, -0.2) is 57.0 Å². The van der Waals surface area contributed by atoms with Crippen LogP contribution < -0.4 is 0 Å². The Labute approximate surface area is 156 Å². The van der Waals surface area contributed by atoms with Crippen LogP contribution in [0, 0.1) is 5.82 Å². The molecule has 27 heavy (non-hydrogen) atoms. The van der Waals surface area contributed by atoms with Gasteiger partial charge in [-0.2, -0.15) is 0 Å². The maximum absolute atomic E-state index is 13.4. The van der Waals surface area contributed by atoms with E-state index >= 15 is 0 Å². The minimum Gasteiger partial charge on any atom is -0.480 e. The van der Waals surface area contributed by atoms with Gasteiger partial charge in [-0.1, -0.05) is 0 Å². The molecule has 4 rings (SSSR count). The van der Waals surface area contributed by atoms with Crippen molar-refractivity contribution in [3.63, 3.8) is 0 Å². The lowest BCUT2D eigenvalue weighted by Crippen LogP contribution is -2.48. The molecule has 0 aliphatic carbocycles. The Balaban J connectivity index is 1.49. The van der Waals surface area contributed by atoms with E-state index in [0.717, 1.165) is 25.0 Å². The van der Waals surface area contributed by atoms with E-state index in [-0.39, 0.29) is 5.82 Å². The molecule has 0 spiro atoms. The summed E-state index contributed by atoms with van der Waals surface area (Å²) in [6.45, 7) is 3.75. The maximum Gasteiger partial charge on any atom is 0.325 e. The van der Waals surface area contributed by atoms with Gasteiger partial charge in [0.25, 0.3) is 0 Å². The number of piperazine rings is 1. The van der Waals surface area contributed by atoms with Crippen molar-refractivity contribution < 1.29 is 14.3 Å². The number of pyridine rings is 1. The number of aromatic amines is 1. The summed E-state index contributed by atoms with van der Waals surface area (Å²) in [6.07, 6.45) is 5.25. The standard InChI is InChI=1S/C20H21FN4O2/c21-15-1-2-16-17(12-23-18(16)11-15)19(20(26)27)25-9-7-24(8-10-25)13-14-3-5-22-6-4-14/h1-6,11-12,19,23H,7-10,13H2,(H,26,27)/t19-/m1/s1. The monoisotopic (exact) mass is 368 g/mol.